The number of rotatable bonds is 21. The molecule has 0 spiro atoms. The molecule has 3 N–H and O–H groups in total. The standard InChI is InChI=1S/C43H60N2O12S3/c1-8-9-25-56-40(46)33-29-32(31-57-41(2,3)4)30-36-39(33)42(5,6)37(45(36)24-17-28-60(53,54)55)20-11-10-12-21-38-43(7,22-15-26-58(47,48)49)34-18-13-14-19-35(34)44(38)23-16-27-59(50,51)52/h10-14,18-21,29-30H,8-9,15-17,22-28,31H2,1-7H3,(H2-,47,48,49,50,51,52,53,54,55)/p+1. The average molecular weight is 894 g/mol. The first-order chi connectivity index (χ1) is 27.8. The van der Waals surface area contributed by atoms with Gasteiger partial charge in [0.1, 0.15) is 6.54 Å². The van der Waals surface area contributed by atoms with Gasteiger partial charge in [0, 0.05) is 41.9 Å². The van der Waals surface area contributed by atoms with Crippen LogP contribution in [0.4, 0.5) is 11.4 Å². The van der Waals surface area contributed by atoms with E-state index < -0.39 is 70.0 Å². The molecular weight excluding hydrogens is 833 g/mol. The van der Waals surface area contributed by atoms with E-state index in [1.165, 1.54) is 0 Å². The van der Waals surface area contributed by atoms with Gasteiger partial charge < -0.3 is 14.4 Å². The highest BCUT2D eigenvalue weighted by Crippen LogP contribution is 2.50. The number of para-hydroxylation sites is 1. The molecule has 0 bridgehead atoms. The van der Waals surface area contributed by atoms with E-state index in [1.54, 1.807) is 12.1 Å². The second-order valence-corrected chi connectivity index (χ2v) is 21.8. The summed E-state index contributed by atoms with van der Waals surface area (Å²) in [5.74, 6) is -1.81. The molecule has 0 fully saturated rings. The number of unbranched alkanes of at least 4 members (excludes halogenated alkanes) is 1. The molecule has 4 rings (SSSR count). The minimum atomic E-state index is -4.25. The summed E-state index contributed by atoms with van der Waals surface area (Å²) in [6.07, 6.45) is 11.5. The van der Waals surface area contributed by atoms with E-state index in [0.717, 1.165) is 34.6 Å². The molecule has 0 radical (unpaired) electrons. The highest BCUT2D eigenvalue weighted by molar-refractivity contribution is 7.86. The molecule has 1 atom stereocenters. The average Bonchev–Trinajstić information content (AvgIpc) is 3.48. The largest absolute Gasteiger partial charge is 0.462 e. The van der Waals surface area contributed by atoms with Gasteiger partial charge in [-0.15, -0.1) is 0 Å². The van der Waals surface area contributed by atoms with Crippen LogP contribution < -0.4 is 4.90 Å². The Balaban J connectivity index is 1.81. The predicted octanol–water partition coefficient (Wildman–Crippen LogP) is 7.33. The number of fused-ring (bicyclic) bond motifs is 2. The lowest BCUT2D eigenvalue weighted by Gasteiger charge is -2.30. The van der Waals surface area contributed by atoms with Gasteiger partial charge in [0.2, 0.25) is 5.69 Å². The van der Waals surface area contributed by atoms with Gasteiger partial charge in [-0.2, -0.15) is 29.8 Å². The number of hydrogen-bond donors (Lipinski definition) is 3. The number of hydrogen-bond acceptors (Lipinski definition) is 10. The summed E-state index contributed by atoms with van der Waals surface area (Å²) < 4.78 is 113. The molecule has 332 valence electrons. The third-order valence-electron chi connectivity index (χ3n) is 10.7. The Hall–Kier alpha value is -3.71. The van der Waals surface area contributed by atoms with Crippen LogP contribution in [0.5, 0.6) is 0 Å². The first-order valence-corrected chi connectivity index (χ1v) is 25.0. The summed E-state index contributed by atoms with van der Waals surface area (Å²) in [5, 5.41) is 0. The van der Waals surface area contributed by atoms with Crippen molar-refractivity contribution in [3.05, 3.63) is 94.7 Å². The van der Waals surface area contributed by atoms with Gasteiger partial charge >= 0.3 is 5.97 Å². The maximum atomic E-state index is 13.8. The zero-order chi connectivity index (χ0) is 44.7. The summed E-state index contributed by atoms with van der Waals surface area (Å²) in [4.78, 5) is 15.7. The van der Waals surface area contributed by atoms with Crippen LogP contribution >= 0.6 is 0 Å². The molecule has 2 aliphatic rings. The van der Waals surface area contributed by atoms with Gasteiger partial charge in [-0.3, -0.25) is 13.7 Å². The van der Waals surface area contributed by atoms with E-state index in [2.05, 4.69) is 0 Å². The van der Waals surface area contributed by atoms with Crippen LogP contribution in [-0.4, -0.2) is 97.7 Å². The van der Waals surface area contributed by atoms with E-state index in [0.29, 0.717) is 29.7 Å². The third-order valence-corrected chi connectivity index (χ3v) is 13.1. The third kappa shape index (κ3) is 13.1. The molecule has 2 aromatic rings. The lowest BCUT2D eigenvalue weighted by atomic mass is 9.77. The number of carbonyl (C=O) groups is 1. The Kier molecular flexibility index (Phi) is 16.0. The number of benzene rings is 2. The molecule has 17 heteroatoms. The van der Waals surface area contributed by atoms with Crippen LogP contribution in [-0.2, 0) is 57.3 Å². The van der Waals surface area contributed by atoms with E-state index >= 15 is 0 Å². The summed E-state index contributed by atoms with van der Waals surface area (Å²) in [7, 11) is -12.7. The van der Waals surface area contributed by atoms with Gasteiger partial charge in [0.25, 0.3) is 30.4 Å². The Bertz CT molecular complexity index is 2360. The fourth-order valence-electron chi connectivity index (χ4n) is 7.91. The lowest BCUT2D eigenvalue weighted by Crippen LogP contribution is -2.30. The molecular formula is C43H61N2O12S3+. The smallest absolute Gasteiger partial charge is 0.338 e. The first-order valence-electron chi connectivity index (χ1n) is 20.2. The second-order valence-electron chi connectivity index (χ2n) is 17.1. The number of nitrogens with zero attached hydrogens (tertiary/aromatic N) is 2. The molecule has 0 saturated heterocycles. The molecule has 0 aromatic heterocycles. The van der Waals surface area contributed by atoms with E-state index in [4.69, 9.17) is 9.47 Å². The zero-order valence-electron chi connectivity index (χ0n) is 35.7. The number of esters is 1. The molecule has 60 heavy (non-hydrogen) atoms. The van der Waals surface area contributed by atoms with Crippen molar-refractivity contribution in [3.8, 4) is 0 Å². The molecule has 1 unspecified atom stereocenters. The Labute approximate surface area is 356 Å². The number of carbonyl (C=O) groups excluding carboxylic acids is 1. The minimum Gasteiger partial charge on any atom is -0.462 e. The van der Waals surface area contributed by atoms with Crippen LogP contribution in [0.15, 0.2) is 72.5 Å². The van der Waals surface area contributed by atoms with E-state index in [-0.39, 0.29) is 45.6 Å². The van der Waals surface area contributed by atoms with Crippen molar-refractivity contribution >= 4 is 53.4 Å². The first kappa shape index (κ1) is 49.0. The normalized spacial score (nSPS) is 18.9. The van der Waals surface area contributed by atoms with Crippen molar-refractivity contribution in [2.24, 2.45) is 0 Å². The fraction of sp³-hybridized carbons (Fsp3) is 0.535. The number of anilines is 1. The molecule has 0 saturated carbocycles. The highest BCUT2D eigenvalue weighted by Gasteiger charge is 2.48. The van der Waals surface area contributed by atoms with Crippen molar-refractivity contribution < 1.29 is 57.8 Å². The van der Waals surface area contributed by atoms with Crippen LogP contribution in [0.2, 0.25) is 0 Å². The monoisotopic (exact) mass is 893 g/mol. The van der Waals surface area contributed by atoms with Gasteiger partial charge in [0.05, 0.1) is 52.6 Å². The summed E-state index contributed by atoms with van der Waals surface area (Å²) >= 11 is 0. The van der Waals surface area contributed by atoms with Gasteiger partial charge in [-0.25, -0.2) is 4.79 Å². The Morgan fingerprint density at radius 2 is 1.48 bits per heavy atom. The maximum Gasteiger partial charge on any atom is 0.338 e. The zero-order valence-corrected chi connectivity index (χ0v) is 38.1. The summed E-state index contributed by atoms with van der Waals surface area (Å²) in [6, 6.07) is 11.3. The van der Waals surface area contributed by atoms with Gasteiger partial charge in [0.15, 0.2) is 5.71 Å². The highest BCUT2D eigenvalue weighted by atomic mass is 32.2. The fourth-order valence-corrected chi connectivity index (χ4v) is 9.41. The number of ether oxygens (including phenoxy) is 2. The van der Waals surface area contributed by atoms with Gasteiger partial charge in [-0.1, -0.05) is 49.8 Å². The van der Waals surface area contributed by atoms with Crippen molar-refractivity contribution in [1.29, 1.82) is 0 Å². The van der Waals surface area contributed by atoms with Crippen molar-refractivity contribution in [2.75, 3.05) is 41.9 Å². The van der Waals surface area contributed by atoms with E-state index in [9.17, 15) is 43.7 Å². The number of allylic oxidation sites excluding steroid dienone is 6. The summed E-state index contributed by atoms with van der Waals surface area (Å²) in [5.41, 5.74) is 3.81. The Morgan fingerprint density at radius 1 is 0.850 bits per heavy atom. The molecule has 14 nitrogen and oxygen atoms in total. The van der Waals surface area contributed by atoms with Crippen LogP contribution in [0, 0.1) is 0 Å². The van der Waals surface area contributed by atoms with Crippen LogP contribution in [0.1, 0.15) is 114 Å². The second kappa shape index (κ2) is 19.6. The summed E-state index contributed by atoms with van der Waals surface area (Å²) in [6.45, 7) is 14.6. The van der Waals surface area contributed by atoms with Crippen molar-refractivity contribution in [3.63, 3.8) is 0 Å². The lowest BCUT2D eigenvalue weighted by molar-refractivity contribution is -0.437. The quantitative estimate of drug-likeness (QED) is 0.0370. The SMILES string of the molecule is CCCCOC(=O)c1cc(COC(C)(C)C)cc2c1C(C)(C)C(C=CC=CC=C1N(CCCS(=O)(=O)O)c3ccccc3C1(C)CCCS(=O)(=O)O)=[N+]2CCCS(=O)(=O)O. The maximum absolute atomic E-state index is 13.8. The van der Waals surface area contributed by atoms with Crippen LogP contribution in [0.25, 0.3) is 0 Å². The van der Waals surface area contributed by atoms with Gasteiger partial charge in [-0.05, 0) is 96.6 Å². The minimum absolute atomic E-state index is 0.0940. The topological polar surface area (TPSA) is 205 Å². The Morgan fingerprint density at radius 3 is 2.12 bits per heavy atom. The van der Waals surface area contributed by atoms with Crippen molar-refractivity contribution in [2.45, 2.75) is 110 Å². The predicted molar refractivity (Wildman–Crippen MR) is 234 cm³/mol. The molecule has 0 amide bonds. The molecule has 2 aromatic carbocycles. The molecule has 2 heterocycles. The van der Waals surface area contributed by atoms with Crippen molar-refractivity contribution in [1.82, 2.24) is 0 Å². The molecule has 0 aliphatic carbocycles. The molecule has 2 aliphatic heterocycles. The van der Waals surface area contributed by atoms with E-state index in [1.807, 2.05) is 113 Å². The van der Waals surface area contributed by atoms with Crippen LogP contribution in [0.3, 0.4) is 0 Å².